The number of ether oxygens (including phenoxy) is 2. The molecular weight excluding hydrogens is 673 g/mol. The van der Waals surface area contributed by atoms with Crippen LogP contribution in [0, 0.1) is 0 Å². The van der Waals surface area contributed by atoms with Crippen molar-refractivity contribution in [2.75, 3.05) is 31.6 Å². The maximum atomic E-state index is 14.6. The predicted molar refractivity (Wildman–Crippen MR) is 189 cm³/mol. The molecule has 0 heterocycles. The van der Waals surface area contributed by atoms with Crippen molar-refractivity contribution in [1.29, 1.82) is 0 Å². The maximum Gasteiger partial charge on any atom is 0.264 e. The van der Waals surface area contributed by atoms with E-state index >= 15 is 0 Å². The van der Waals surface area contributed by atoms with Crippen LogP contribution in [-0.4, -0.2) is 58.5 Å². The number of sulfonamides is 1. The molecule has 0 saturated carbocycles. The third kappa shape index (κ3) is 9.21. The number of rotatable bonds is 16. The van der Waals surface area contributed by atoms with Gasteiger partial charge in [0.05, 0.1) is 24.8 Å². The number of benzene rings is 4. The van der Waals surface area contributed by atoms with E-state index in [2.05, 4.69) is 5.32 Å². The number of hydrogen-bond acceptors (Lipinski definition) is 6. The Balaban J connectivity index is 1.84. The second-order valence-corrected chi connectivity index (χ2v) is 13.7. The predicted octanol–water partition coefficient (Wildman–Crippen LogP) is 6.76. The van der Waals surface area contributed by atoms with E-state index in [-0.39, 0.29) is 35.2 Å². The van der Waals surface area contributed by atoms with Crippen LogP contribution in [0.25, 0.3) is 0 Å². The summed E-state index contributed by atoms with van der Waals surface area (Å²) in [6.45, 7) is 1.72. The van der Waals surface area contributed by atoms with Gasteiger partial charge in [0.25, 0.3) is 10.0 Å². The first-order chi connectivity index (χ1) is 23.1. The first-order valence-corrected chi connectivity index (χ1v) is 17.6. The highest BCUT2D eigenvalue weighted by atomic mass is 35.5. The van der Waals surface area contributed by atoms with Crippen molar-refractivity contribution in [1.82, 2.24) is 10.2 Å². The molecule has 0 aromatic heterocycles. The highest BCUT2D eigenvalue weighted by Gasteiger charge is 2.35. The lowest BCUT2D eigenvalue weighted by Gasteiger charge is -2.34. The number of amides is 2. The number of nitrogens with zero attached hydrogens (tertiary/aromatic N) is 2. The minimum Gasteiger partial charge on any atom is -0.493 e. The average molecular weight is 713 g/mol. The molecular formula is C36H39Cl2N3O6S. The average Bonchev–Trinajstić information content (AvgIpc) is 3.10. The van der Waals surface area contributed by atoms with Gasteiger partial charge < -0.3 is 19.7 Å². The Bertz CT molecular complexity index is 1790. The van der Waals surface area contributed by atoms with Gasteiger partial charge in [0.1, 0.15) is 12.6 Å². The summed E-state index contributed by atoms with van der Waals surface area (Å²) in [5, 5.41) is 3.68. The molecule has 254 valence electrons. The number of halogens is 2. The Morgan fingerprint density at radius 1 is 0.854 bits per heavy atom. The third-order valence-electron chi connectivity index (χ3n) is 7.72. The minimum absolute atomic E-state index is 0.0157. The van der Waals surface area contributed by atoms with E-state index < -0.39 is 28.5 Å². The zero-order valence-electron chi connectivity index (χ0n) is 27.1. The van der Waals surface area contributed by atoms with Gasteiger partial charge in [-0.15, -0.1) is 0 Å². The van der Waals surface area contributed by atoms with Crippen LogP contribution in [0.4, 0.5) is 5.69 Å². The van der Waals surface area contributed by atoms with Crippen LogP contribution in [0.1, 0.15) is 30.9 Å². The molecule has 4 aromatic rings. The Kier molecular flexibility index (Phi) is 13.1. The van der Waals surface area contributed by atoms with Crippen molar-refractivity contribution >= 4 is 50.7 Å². The number of carbonyl (C=O) groups is 2. The summed E-state index contributed by atoms with van der Waals surface area (Å²) in [5.74, 6) is -0.329. The molecule has 0 bridgehead atoms. The molecule has 0 aliphatic rings. The summed E-state index contributed by atoms with van der Waals surface area (Å²) in [4.78, 5) is 29.9. The third-order valence-corrected chi connectivity index (χ3v) is 10.1. The molecule has 1 atom stereocenters. The molecule has 4 rings (SSSR count). The Morgan fingerprint density at radius 3 is 2.15 bits per heavy atom. The van der Waals surface area contributed by atoms with Crippen molar-refractivity contribution < 1.29 is 27.5 Å². The summed E-state index contributed by atoms with van der Waals surface area (Å²) in [6.07, 6.45) is 1.80. The fourth-order valence-corrected chi connectivity index (χ4v) is 7.02. The Morgan fingerprint density at radius 2 is 1.52 bits per heavy atom. The summed E-state index contributed by atoms with van der Waals surface area (Å²) in [7, 11) is -1.38. The Labute approximate surface area is 292 Å². The van der Waals surface area contributed by atoms with Crippen LogP contribution in [-0.2, 0) is 32.6 Å². The fourth-order valence-electron chi connectivity index (χ4n) is 5.12. The van der Waals surface area contributed by atoms with Crippen LogP contribution < -0.4 is 19.1 Å². The van der Waals surface area contributed by atoms with Crippen LogP contribution in [0.15, 0.2) is 102 Å². The molecule has 2 amide bonds. The quantitative estimate of drug-likeness (QED) is 0.129. The zero-order chi connectivity index (χ0) is 34.7. The van der Waals surface area contributed by atoms with Gasteiger partial charge in [0.15, 0.2) is 11.5 Å². The molecule has 0 fully saturated rings. The van der Waals surface area contributed by atoms with Crippen LogP contribution in [0.3, 0.4) is 0 Å². The van der Waals surface area contributed by atoms with Crippen molar-refractivity contribution in [2.45, 2.75) is 43.7 Å². The molecule has 0 spiro atoms. The highest BCUT2D eigenvalue weighted by molar-refractivity contribution is 7.92. The van der Waals surface area contributed by atoms with Gasteiger partial charge in [-0.1, -0.05) is 91.1 Å². The number of unbranched alkanes of at least 4 members (excludes halogenated alkanes) is 1. The molecule has 1 unspecified atom stereocenters. The zero-order valence-corrected chi connectivity index (χ0v) is 29.4. The van der Waals surface area contributed by atoms with Crippen LogP contribution in [0.2, 0.25) is 10.0 Å². The summed E-state index contributed by atoms with van der Waals surface area (Å²) < 4.78 is 40.3. The van der Waals surface area contributed by atoms with E-state index in [0.29, 0.717) is 27.9 Å². The second-order valence-electron chi connectivity index (χ2n) is 11.0. The molecule has 1 N–H and O–H groups in total. The first kappa shape index (κ1) is 36.6. The van der Waals surface area contributed by atoms with E-state index in [0.717, 1.165) is 22.7 Å². The van der Waals surface area contributed by atoms with Crippen molar-refractivity contribution in [3.63, 3.8) is 0 Å². The largest absolute Gasteiger partial charge is 0.493 e. The molecule has 0 aliphatic heterocycles. The number of carbonyl (C=O) groups excluding carboxylic acids is 2. The number of hydrogen-bond donors (Lipinski definition) is 1. The highest BCUT2D eigenvalue weighted by Crippen LogP contribution is 2.34. The SMILES string of the molecule is CCCCNC(=O)C(Cc1ccccc1)N(Cc1ccc(Cl)cc1Cl)C(=O)CN(c1ccc(OC)c(OC)c1)S(=O)(=O)c1ccccc1. The fraction of sp³-hybridized carbons (Fsp3) is 0.278. The van der Waals surface area contributed by atoms with E-state index in [1.807, 2.05) is 37.3 Å². The maximum absolute atomic E-state index is 14.6. The lowest BCUT2D eigenvalue weighted by atomic mass is 10.0. The standard InChI is InChI=1S/C36H39Cl2N3O6S/c1-4-5-20-39-36(43)32(21-26-12-8-6-9-13-26)40(24-27-16-17-28(37)22-31(27)38)35(42)25-41(48(44,45)30-14-10-7-11-15-30)29-18-19-33(46-2)34(23-29)47-3/h6-19,22-23,32H,4-5,20-21,24-25H2,1-3H3,(H,39,43). The van der Waals surface area contributed by atoms with E-state index in [1.165, 1.54) is 43.4 Å². The van der Waals surface area contributed by atoms with Crippen LogP contribution >= 0.6 is 23.2 Å². The van der Waals surface area contributed by atoms with Crippen molar-refractivity contribution in [2.24, 2.45) is 0 Å². The topological polar surface area (TPSA) is 105 Å². The smallest absolute Gasteiger partial charge is 0.264 e. The summed E-state index contributed by atoms with van der Waals surface area (Å²) >= 11 is 12.8. The summed E-state index contributed by atoms with van der Waals surface area (Å²) in [5.41, 5.74) is 1.53. The van der Waals surface area contributed by atoms with Gasteiger partial charge in [-0.25, -0.2) is 8.42 Å². The number of anilines is 1. The molecule has 9 nitrogen and oxygen atoms in total. The van der Waals surface area contributed by atoms with Gasteiger partial charge in [-0.05, 0) is 53.9 Å². The number of nitrogens with one attached hydrogen (secondary N) is 1. The van der Waals surface area contributed by atoms with E-state index in [1.54, 1.807) is 42.5 Å². The van der Waals surface area contributed by atoms with E-state index in [9.17, 15) is 18.0 Å². The first-order valence-electron chi connectivity index (χ1n) is 15.4. The monoisotopic (exact) mass is 711 g/mol. The molecule has 0 radical (unpaired) electrons. The van der Waals surface area contributed by atoms with Gasteiger partial charge in [-0.2, -0.15) is 0 Å². The van der Waals surface area contributed by atoms with Gasteiger partial charge in [-0.3, -0.25) is 13.9 Å². The molecule has 0 aliphatic carbocycles. The molecule has 48 heavy (non-hydrogen) atoms. The normalized spacial score (nSPS) is 11.8. The van der Waals surface area contributed by atoms with Gasteiger partial charge >= 0.3 is 0 Å². The van der Waals surface area contributed by atoms with Gasteiger partial charge in [0, 0.05) is 35.6 Å². The lowest BCUT2D eigenvalue weighted by Crippen LogP contribution is -2.53. The summed E-state index contributed by atoms with van der Waals surface area (Å²) in [6, 6.07) is 25.6. The van der Waals surface area contributed by atoms with Gasteiger partial charge in [0.2, 0.25) is 11.8 Å². The van der Waals surface area contributed by atoms with Crippen LogP contribution in [0.5, 0.6) is 11.5 Å². The minimum atomic E-state index is -4.29. The Hall–Kier alpha value is -4.25. The molecule has 4 aromatic carbocycles. The second kappa shape index (κ2) is 17.2. The lowest BCUT2D eigenvalue weighted by molar-refractivity contribution is -0.140. The van der Waals surface area contributed by atoms with Crippen molar-refractivity contribution in [3.8, 4) is 11.5 Å². The number of methoxy groups -OCH3 is 2. The molecule has 0 saturated heterocycles. The van der Waals surface area contributed by atoms with Crippen molar-refractivity contribution in [3.05, 3.63) is 118 Å². The van der Waals surface area contributed by atoms with E-state index in [4.69, 9.17) is 32.7 Å². The molecule has 12 heteroatoms.